The summed E-state index contributed by atoms with van der Waals surface area (Å²) >= 11 is 8.85. The van der Waals surface area contributed by atoms with Gasteiger partial charge in [0.25, 0.3) is 0 Å². The Bertz CT molecular complexity index is 718. The fourth-order valence-corrected chi connectivity index (χ4v) is 4.88. The third-order valence-corrected chi connectivity index (χ3v) is 6.34. The third kappa shape index (κ3) is 5.59. The second-order valence-electron chi connectivity index (χ2n) is 6.11. The molecule has 3 rings (SSSR count). The van der Waals surface area contributed by atoms with Gasteiger partial charge >= 0.3 is 0 Å². The van der Waals surface area contributed by atoms with Crippen LogP contribution in [0.5, 0.6) is 0 Å². The number of rotatable bonds is 6. The van der Waals surface area contributed by atoms with Gasteiger partial charge in [0, 0.05) is 16.8 Å². The van der Waals surface area contributed by atoms with E-state index in [0.29, 0.717) is 16.2 Å². The lowest BCUT2D eigenvalue weighted by Gasteiger charge is -2.24. The lowest BCUT2D eigenvalue weighted by Crippen LogP contribution is -2.40. The van der Waals surface area contributed by atoms with E-state index in [2.05, 4.69) is 20.8 Å². The van der Waals surface area contributed by atoms with Gasteiger partial charge in [0.2, 0.25) is 11.0 Å². The van der Waals surface area contributed by atoms with Gasteiger partial charge in [-0.3, -0.25) is 4.79 Å². The molecule has 1 aromatic heterocycles. The minimum atomic E-state index is -0.186. The average Bonchev–Trinajstić information content (AvgIpc) is 3.02. The number of halogens is 1. The molecule has 0 unspecified atom stereocenters. The van der Waals surface area contributed by atoms with Crippen LogP contribution < -0.4 is 10.6 Å². The smallest absolute Gasteiger partial charge is 0.233 e. The van der Waals surface area contributed by atoms with Crippen LogP contribution in [0.1, 0.15) is 39.0 Å². The highest BCUT2D eigenvalue weighted by atomic mass is 35.5. The molecular formula is C17H21ClN4OS2. The quantitative estimate of drug-likeness (QED) is 0.682. The van der Waals surface area contributed by atoms with Crippen molar-refractivity contribution >= 4 is 51.4 Å². The Balaban J connectivity index is 1.52. The molecule has 1 fully saturated rings. The van der Waals surface area contributed by atoms with Crippen LogP contribution in [-0.4, -0.2) is 27.4 Å². The standard InChI is InChI=1S/C17H21ClN4OS2/c1-11(15(23)19-13-7-3-2-4-8-13)24-17-22-21-16(25-17)20-14-9-5-6-12(18)10-14/h5-6,9-11,13H,2-4,7-8H2,1H3,(H,19,23)(H,20,21)/t11-/m1/s1. The number of carbonyl (C=O) groups is 1. The molecule has 1 amide bonds. The van der Waals surface area contributed by atoms with Gasteiger partial charge < -0.3 is 10.6 Å². The van der Waals surface area contributed by atoms with Crippen LogP contribution in [0.4, 0.5) is 10.8 Å². The van der Waals surface area contributed by atoms with Gasteiger partial charge in [-0.25, -0.2) is 0 Å². The van der Waals surface area contributed by atoms with Crippen LogP contribution in [0.25, 0.3) is 0 Å². The Morgan fingerprint density at radius 3 is 2.88 bits per heavy atom. The van der Waals surface area contributed by atoms with Crippen molar-refractivity contribution in [1.29, 1.82) is 0 Å². The SMILES string of the molecule is C[C@@H](Sc1nnc(Nc2cccc(Cl)c2)s1)C(=O)NC1CCCCC1. The van der Waals surface area contributed by atoms with Gasteiger partial charge in [-0.1, -0.05) is 60.0 Å². The molecule has 0 aliphatic heterocycles. The molecule has 0 bridgehead atoms. The summed E-state index contributed by atoms with van der Waals surface area (Å²) < 4.78 is 0.774. The normalized spacial score (nSPS) is 16.4. The first kappa shape index (κ1) is 18.5. The van der Waals surface area contributed by atoms with E-state index >= 15 is 0 Å². The highest BCUT2D eigenvalue weighted by Crippen LogP contribution is 2.31. The number of carbonyl (C=O) groups excluding carboxylic acids is 1. The summed E-state index contributed by atoms with van der Waals surface area (Å²) in [5, 5.41) is 15.8. The van der Waals surface area contributed by atoms with E-state index in [1.54, 1.807) is 0 Å². The zero-order valence-corrected chi connectivity index (χ0v) is 16.4. The van der Waals surface area contributed by atoms with Crippen molar-refractivity contribution in [1.82, 2.24) is 15.5 Å². The summed E-state index contributed by atoms with van der Waals surface area (Å²) in [4.78, 5) is 12.3. The van der Waals surface area contributed by atoms with Gasteiger partial charge in [0.15, 0.2) is 4.34 Å². The first-order chi connectivity index (χ1) is 12.1. The summed E-state index contributed by atoms with van der Waals surface area (Å²) in [7, 11) is 0. The molecule has 1 aliphatic carbocycles. The van der Waals surface area contributed by atoms with Gasteiger partial charge in [0.05, 0.1) is 5.25 Å². The Hall–Kier alpha value is -1.31. The van der Waals surface area contributed by atoms with Crippen LogP contribution in [0.2, 0.25) is 5.02 Å². The molecule has 1 atom stereocenters. The predicted molar refractivity (Wildman–Crippen MR) is 105 cm³/mol. The van der Waals surface area contributed by atoms with Gasteiger partial charge in [-0.05, 0) is 38.0 Å². The fraction of sp³-hybridized carbons (Fsp3) is 0.471. The van der Waals surface area contributed by atoms with E-state index in [0.717, 1.165) is 22.9 Å². The molecule has 0 saturated heterocycles. The summed E-state index contributed by atoms with van der Waals surface area (Å²) in [6, 6.07) is 7.77. The van der Waals surface area contributed by atoms with Gasteiger partial charge in [-0.15, -0.1) is 10.2 Å². The first-order valence-corrected chi connectivity index (χ1v) is 10.5. The van der Waals surface area contributed by atoms with Crippen LogP contribution in [0, 0.1) is 0 Å². The number of thioether (sulfide) groups is 1. The number of hydrogen-bond donors (Lipinski definition) is 2. The van der Waals surface area contributed by atoms with Gasteiger partial charge in [-0.2, -0.15) is 0 Å². The minimum Gasteiger partial charge on any atom is -0.352 e. The van der Waals surface area contributed by atoms with Crippen LogP contribution >= 0.6 is 34.7 Å². The Labute approximate surface area is 161 Å². The van der Waals surface area contributed by atoms with E-state index in [1.165, 1.54) is 42.4 Å². The van der Waals surface area contributed by atoms with E-state index < -0.39 is 0 Å². The number of benzene rings is 1. The lowest BCUT2D eigenvalue weighted by atomic mass is 9.95. The first-order valence-electron chi connectivity index (χ1n) is 8.43. The number of nitrogens with zero attached hydrogens (tertiary/aromatic N) is 2. The number of hydrogen-bond acceptors (Lipinski definition) is 6. The highest BCUT2D eigenvalue weighted by molar-refractivity contribution is 8.02. The second kappa shape index (κ2) is 8.87. The molecule has 1 heterocycles. The molecular weight excluding hydrogens is 376 g/mol. The topological polar surface area (TPSA) is 66.9 Å². The highest BCUT2D eigenvalue weighted by Gasteiger charge is 2.21. The third-order valence-electron chi connectivity index (χ3n) is 4.08. The molecule has 1 aliphatic rings. The number of aromatic nitrogens is 2. The zero-order valence-electron chi connectivity index (χ0n) is 14.0. The van der Waals surface area contributed by atoms with Crippen LogP contribution in [0.3, 0.4) is 0 Å². The average molecular weight is 397 g/mol. The van der Waals surface area contributed by atoms with Crippen molar-refractivity contribution in [3.05, 3.63) is 29.3 Å². The molecule has 1 saturated carbocycles. The summed E-state index contributed by atoms with van der Waals surface area (Å²) in [5.41, 5.74) is 0.864. The summed E-state index contributed by atoms with van der Waals surface area (Å²) in [5.74, 6) is 0.0800. The molecule has 5 nitrogen and oxygen atoms in total. The Morgan fingerprint density at radius 1 is 1.32 bits per heavy atom. The Kier molecular flexibility index (Phi) is 6.56. The van der Waals surface area contributed by atoms with Gasteiger partial charge in [0.1, 0.15) is 0 Å². The number of anilines is 2. The maximum absolute atomic E-state index is 12.3. The maximum atomic E-state index is 12.3. The summed E-state index contributed by atoms with van der Waals surface area (Å²) in [6.45, 7) is 1.91. The number of amides is 1. The molecule has 2 N–H and O–H groups in total. The molecule has 134 valence electrons. The zero-order chi connectivity index (χ0) is 17.6. The van der Waals surface area contributed by atoms with Crippen LogP contribution in [0.15, 0.2) is 28.6 Å². The fourth-order valence-electron chi connectivity index (χ4n) is 2.77. The van der Waals surface area contributed by atoms with E-state index in [-0.39, 0.29) is 11.2 Å². The van der Waals surface area contributed by atoms with Crippen LogP contribution in [-0.2, 0) is 4.79 Å². The van der Waals surface area contributed by atoms with E-state index in [1.807, 2.05) is 31.2 Å². The molecule has 1 aromatic carbocycles. The molecule has 0 radical (unpaired) electrons. The van der Waals surface area contributed by atoms with Crippen molar-refractivity contribution < 1.29 is 4.79 Å². The predicted octanol–water partition coefficient (Wildman–Crippen LogP) is 4.86. The molecule has 0 spiro atoms. The Morgan fingerprint density at radius 2 is 2.12 bits per heavy atom. The minimum absolute atomic E-state index is 0.0800. The van der Waals surface area contributed by atoms with Crippen molar-refractivity contribution in [2.24, 2.45) is 0 Å². The van der Waals surface area contributed by atoms with Crippen molar-refractivity contribution in [3.63, 3.8) is 0 Å². The monoisotopic (exact) mass is 396 g/mol. The largest absolute Gasteiger partial charge is 0.352 e. The summed E-state index contributed by atoms with van der Waals surface area (Å²) in [6.07, 6.45) is 5.89. The van der Waals surface area contributed by atoms with Crippen molar-refractivity contribution in [3.8, 4) is 0 Å². The van der Waals surface area contributed by atoms with E-state index in [4.69, 9.17) is 11.6 Å². The second-order valence-corrected chi connectivity index (χ2v) is 9.11. The molecule has 25 heavy (non-hydrogen) atoms. The molecule has 8 heteroatoms. The van der Waals surface area contributed by atoms with Crippen molar-refractivity contribution in [2.45, 2.75) is 54.7 Å². The number of nitrogens with one attached hydrogen (secondary N) is 2. The van der Waals surface area contributed by atoms with E-state index in [9.17, 15) is 4.79 Å². The van der Waals surface area contributed by atoms with Crippen molar-refractivity contribution in [2.75, 3.05) is 5.32 Å². The molecule has 2 aromatic rings. The maximum Gasteiger partial charge on any atom is 0.233 e. The lowest BCUT2D eigenvalue weighted by molar-refractivity contribution is -0.121.